The Bertz CT molecular complexity index is 569. The highest BCUT2D eigenvalue weighted by atomic mass is 16.5. The minimum Gasteiger partial charge on any atom is -0.495 e. The van der Waals surface area contributed by atoms with Gasteiger partial charge in [0.25, 0.3) is 0 Å². The van der Waals surface area contributed by atoms with Crippen molar-refractivity contribution in [2.24, 2.45) is 0 Å². The van der Waals surface area contributed by atoms with Crippen LogP contribution in [0.2, 0.25) is 0 Å². The van der Waals surface area contributed by atoms with Crippen molar-refractivity contribution in [2.45, 2.75) is 13.5 Å². The molecule has 0 bridgehead atoms. The van der Waals surface area contributed by atoms with Crippen LogP contribution >= 0.6 is 0 Å². The molecule has 0 aliphatic rings. The fourth-order valence-electron chi connectivity index (χ4n) is 1.89. The lowest BCUT2D eigenvalue weighted by Gasteiger charge is -2.26. The fraction of sp³-hybridized carbons (Fsp3) is 0.188. The second-order valence-electron chi connectivity index (χ2n) is 4.47. The molecule has 0 heterocycles. The van der Waals surface area contributed by atoms with Gasteiger partial charge in [-0.25, -0.2) is 0 Å². The Kier molecular flexibility index (Phi) is 4.60. The maximum atomic E-state index is 7.90. The molecule has 0 saturated carbocycles. The van der Waals surface area contributed by atoms with E-state index in [0.717, 1.165) is 17.0 Å². The molecule has 0 fully saturated rings. The summed E-state index contributed by atoms with van der Waals surface area (Å²) in [5.41, 5.74) is 5.22. The van der Waals surface area contributed by atoms with E-state index in [0.29, 0.717) is 12.4 Å². The number of hydrogen-bond acceptors (Lipinski definition) is 3. The number of benzene rings is 2. The Morgan fingerprint density at radius 1 is 1.10 bits per heavy atom. The smallest absolute Gasteiger partial charge is 0.143 e. The first-order valence-electron chi connectivity index (χ1n) is 6.47. The van der Waals surface area contributed by atoms with Crippen LogP contribution < -0.4 is 10.2 Å². The quantitative estimate of drug-likeness (QED) is 0.496. The van der Waals surface area contributed by atoms with Crippen molar-refractivity contribution in [1.29, 1.82) is 5.41 Å². The van der Waals surface area contributed by atoms with Crippen molar-refractivity contribution in [2.75, 3.05) is 12.5 Å². The van der Waals surface area contributed by atoms with Gasteiger partial charge in [-0.1, -0.05) is 42.5 Å². The molecule has 4 heteroatoms. The van der Waals surface area contributed by atoms with Crippen LogP contribution in [0.3, 0.4) is 0 Å². The standard InChI is InChI=1S/C16H19N3O/c1-13(17)19(12-14-8-4-3-5-9-14)18-15-10-6-7-11-16(15)20-2/h3-11,17-18H,12H2,1-2H3. The van der Waals surface area contributed by atoms with Gasteiger partial charge in [0.2, 0.25) is 0 Å². The Morgan fingerprint density at radius 2 is 1.75 bits per heavy atom. The predicted octanol–water partition coefficient (Wildman–Crippen LogP) is 3.52. The number of nitrogens with one attached hydrogen (secondary N) is 2. The zero-order valence-corrected chi connectivity index (χ0v) is 11.8. The van der Waals surface area contributed by atoms with Crippen molar-refractivity contribution in [3.05, 3.63) is 60.2 Å². The van der Waals surface area contributed by atoms with E-state index in [4.69, 9.17) is 10.1 Å². The summed E-state index contributed by atoms with van der Waals surface area (Å²) in [7, 11) is 1.64. The van der Waals surface area contributed by atoms with Gasteiger partial charge >= 0.3 is 0 Å². The second kappa shape index (κ2) is 6.61. The minimum absolute atomic E-state index is 0.444. The summed E-state index contributed by atoms with van der Waals surface area (Å²) in [6.07, 6.45) is 0. The molecule has 0 unspecified atom stereocenters. The molecule has 0 amide bonds. The van der Waals surface area contributed by atoms with Crippen molar-refractivity contribution in [3.8, 4) is 5.75 Å². The third-order valence-corrected chi connectivity index (χ3v) is 2.95. The van der Waals surface area contributed by atoms with Gasteiger partial charge < -0.3 is 4.74 Å². The summed E-state index contributed by atoms with van der Waals surface area (Å²) in [5.74, 6) is 1.20. The van der Waals surface area contributed by atoms with Gasteiger partial charge in [0, 0.05) is 0 Å². The van der Waals surface area contributed by atoms with Gasteiger partial charge in [-0.2, -0.15) is 0 Å². The van der Waals surface area contributed by atoms with Crippen LogP contribution in [-0.2, 0) is 6.54 Å². The molecule has 0 aromatic heterocycles. The van der Waals surface area contributed by atoms with Gasteiger partial charge in [0.05, 0.1) is 19.3 Å². The average Bonchev–Trinajstić information content (AvgIpc) is 2.48. The van der Waals surface area contributed by atoms with Gasteiger partial charge in [-0.3, -0.25) is 15.8 Å². The number of para-hydroxylation sites is 2. The van der Waals surface area contributed by atoms with Crippen molar-refractivity contribution in [1.82, 2.24) is 5.01 Å². The van der Waals surface area contributed by atoms with Gasteiger partial charge in [-0.05, 0) is 24.6 Å². The largest absolute Gasteiger partial charge is 0.495 e. The van der Waals surface area contributed by atoms with E-state index in [2.05, 4.69) is 5.43 Å². The Morgan fingerprint density at radius 3 is 2.40 bits per heavy atom. The van der Waals surface area contributed by atoms with E-state index in [9.17, 15) is 0 Å². The number of amidine groups is 1. The van der Waals surface area contributed by atoms with Crippen LogP contribution in [-0.4, -0.2) is 18.0 Å². The van der Waals surface area contributed by atoms with Gasteiger partial charge in [0.1, 0.15) is 11.6 Å². The van der Waals surface area contributed by atoms with Crippen LogP contribution in [0.25, 0.3) is 0 Å². The number of hydrazine groups is 1. The molecule has 0 radical (unpaired) electrons. The highest BCUT2D eigenvalue weighted by molar-refractivity contribution is 5.78. The zero-order chi connectivity index (χ0) is 14.4. The SMILES string of the molecule is COc1ccccc1NN(Cc1ccccc1)C(C)=N. The molecular weight excluding hydrogens is 250 g/mol. The molecule has 2 rings (SSSR count). The third-order valence-electron chi connectivity index (χ3n) is 2.95. The van der Waals surface area contributed by atoms with E-state index in [1.165, 1.54) is 0 Å². The van der Waals surface area contributed by atoms with Crippen LogP contribution in [0.1, 0.15) is 12.5 Å². The summed E-state index contributed by atoms with van der Waals surface area (Å²) in [5, 5.41) is 9.69. The normalized spacial score (nSPS) is 9.90. The van der Waals surface area contributed by atoms with E-state index in [1.807, 2.05) is 54.6 Å². The molecule has 20 heavy (non-hydrogen) atoms. The lowest BCUT2D eigenvalue weighted by atomic mass is 10.2. The third kappa shape index (κ3) is 3.51. The number of ether oxygens (including phenoxy) is 1. The number of methoxy groups -OCH3 is 1. The molecule has 0 atom stereocenters. The van der Waals surface area contributed by atoms with Crippen LogP contribution in [0.15, 0.2) is 54.6 Å². The lowest BCUT2D eigenvalue weighted by molar-refractivity contribution is 0.410. The van der Waals surface area contributed by atoms with Gasteiger partial charge in [-0.15, -0.1) is 0 Å². The summed E-state index contributed by atoms with van der Waals surface area (Å²) in [4.78, 5) is 0. The Balaban J connectivity index is 2.16. The molecule has 104 valence electrons. The number of rotatable bonds is 5. The molecule has 0 spiro atoms. The monoisotopic (exact) mass is 269 g/mol. The first-order valence-corrected chi connectivity index (χ1v) is 6.47. The molecule has 2 aromatic rings. The first-order chi connectivity index (χ1) is 9.70. The van der Waals surface area contributed by atoms with E-state index < -0.39 is 0 Å². The topological polar surface area (TPSA) is 48.4 Å². The zero-order valence-electron chi connectivity index (χ0n) is 11.8. The maximum Gasteiger partial charge on any atom is 0.143 e. The van der Waals surface area contributed by atoms with E-state index >= 15 is 0 Å². The van der Waals surface area contributed by atoms with Crippen molar-refractivity contribution in [3.63, 3.8) is 0 Å². The summed E-state index contributed by atoms with van der Waals surface area (Å²) in [6.45, 7) is 2.37. The molecule has 0 saturated heterocycles. The minimum atomic E-state index is 0.444. The van der Waals surface area contributed by atoms with E-state index in [1.54, 1.807) is 19.0 Å². The molecule has 2 N–H and O–H groups in total. The van der Waals surface area contributed by atoms with Crippen molar-refractivity contribution >= 4 is 11.5 Å². The second-order valence-corrected chi connectivity index (χ2v) is 4.47. The first kappa shape index (κ1) is 13.9. The summed E-state index contributed by atoms with van der Waals surface area (Å²) in [6, 6.07) is 17.7. The average molecular weight is 269 g/mol. The van der Waals surface area contributed by atoms with Gasteiger partial charge in [0.15, 0.2) is 0 Å². The summed E-state index contributed by atoms with van der Waals surface area (Å²) < 4.78 is 5.32. The Labute approximate surface area is 119 Å². The molecule has 4 nitrogen and oxygen atoms in total. The summed E-state index contributed by atoms with van der Waals surface area (Å²) >= 11 is 0. The predicted molar refractivity (Wildman–Crippen MR) is 82.0 cm³/mol. The number of hydrogen-bond donors (Lipinski definition) is 2. The van der Waals surface area contributed by atoms with E-state index in [-0.39, 0.29) is 0 Å². The van der Waals surface area contributed by atoms with Crippen molar-refractivity contribution < 1.29 is 4.74 Å². The van der Waals surface area contributed by atoms with Crippen LogP contribution in [0.4, 0.5) is 5.69 Å². The van der Waals surface area contributed by atoms with Crippen LogP contribution in [0, 0.1) is 5.41 Å². The highest BCUT2D eigenvalue weighted by Gasteiger charge is 2.09. The number of anilines is 1. The highest BCUT2D eigenvalue weighted by Crippen LogP contribution is 2.24. The number of nitrogens with zero attached hydrogens (tertiary/aromatic N) is 1. The molecular formula is C16H19N3O. The van der Waals surface area contributed by atoms with Crippen LogP contribution in [0.5, 0.6) is 5.75 Å². The lowest BCUT2D eigenvalue weighted by Crippen LogP contribution is -2.33. The fourth-order valence-corrected chi connectivity index (χ4v) is 1.89. The molecule has 0 aliphatic heterocycles. The molecule has 0 aliphatic carbocycles. The Hall–Kier alpha value is -2.49. The molecule has 2 aromatic carbocycles. The maximum absolute atomic E-state index is 7.90.